The first-order valence-corrected chi connectivity index (χ1v) is 5.40. The maximum atomic E-state index is 13.5. The summed E-state index contributed by atoms with van der Waals surface area (Å²) < 4.78 is 18.1. The molecule has 0 fully saturated rings. The third kappa shape index (κ3) is 3.69. The number of ether oxygens (including phenoxy) is 1. The van der Waals surface area contributed by atoms with Gasteiger partial charge in [0, 0.05) is 5.56 Å². The van der Waals surface area contributed by atoms with Gasteiger partial charge in [0.1, 0.15) is 5.82 Å². The predicted octanol–water partition coefficient (Wildman–Crippen LogP) is 2.49. The number of benzene rings is 1. The van der Waals surface area contributed by atoms with Crippen molar-refractivity contribution < 1.29 is 23.8 Å². The molecule has 0 spiro atoms. The van der Waals surface area contributed by atoms with E-state index in [1.54, 1.807) is 6.92 Å². The quantitative estimate of drug-likeness (QED) is 0.818. The standard InChI is InChI=1S/C13H13FO4/c1-2-18-12(15)8-4-5-9-10(13(16)17)6-3-7-11(9)14/h3-7H,2,8H2,1H3,(H,16,17). The minimum atomic E-state index is -1.22. The van der Waals surface area contributed by atoms with Gasteiger partial charge in [-0.1, -0.05) is 18.2 Å². The molecule has 0 radical (unpaired) electrons. The third-order valence-corrected chi connectivity index (χ3v) is 2.16. The van der Waals surface area contributed by atoms with Crippen molar-refractivity contribution in [3.8, 4) is 0 Å². The van der Waals surface area contributed by atoms with Crippen molar-refractivity contribution in [2.75, 3.05) is 6.61 Å². The van der Waals surface area contributed by atoms with Crippen molar-refractivity contribution in [3.05, 3.63) is 41.2 Å². The van der Waals surface area contributed by atoms with Gasteiger partial charge in [0.15, 0.2) is 0 Å². The molecule has 0 heterocycles. The van der Waals surface area contributed by atoms with Gasteiger partial charge in [0.05, 0.1) is 18.6 Å². The molecule has 0 unspecified atom stereocenters. The predicted molar refractivity (Wildman–Crippen MR) is 63.6 cm³/mol. The van der Waals surface area contributed by atoms with Crippen LogP contribution in [0.3, 0.4) is 0 Å². The highest BCUT2D eigenvalue weighted by atomic mass is 19.1. The van der Waals surface area contributed by atoms with Crippen LogP contribution in [0.15, 0.2) is 24.3 Å². The molecule has 1 rings (SSSR count). The van der Waals surface area contributed by atoms with E-state index in [0.717, 1.165) is 6.07 Å². The van der Waals surface area contributed by atoms with E-state index in [0.29, 0.717) is 0 Å². The number of esters is 1. The van der Waals surface area contributed by atoms with Crippen LogP contribution < -0.4 is 0 Å². The lowest BCUT2D eigenvalue weighted by Gasteiger charge is -2.02. The number of hydrogen-bond acceptors (Lipinski definition) is 3. The van der Waals surface area contributed by atoms with Crippen molar-refractivity contribution in [3.63, 3.8) is 0 Å². The average Bonchev–Trinajstić information content (AvgIpc) is 2.31. The van der Waals surface area contributed by atoms with Crippen LogP contribution >= 0.6 is 0 Å². The highest BCUT2D eigenvalue weighted by Gasteiger charge is 2.11. The zero-order chi connectivity index (χ0) is 13.5. The van der Waals surface area contributed by atoms with Crippen LogP contribution in [0.2, 0.25) is 0 Å². The van der Waals surface area contributed by atoms with Crippen molar-refractivity contribution in [2.24, 2.45) is 0 Å². The molecule has 0 saturated carbocycles. The van der Waals surface area contributed by atoms with Gasteiger partial charge in [0.2, 0.25) is 0 Å². The Kier molecular flexibility index (Phi) is 5.05. The summed E-state index contributed by atoms with van der Waals surface area (Å²) in [6.07, 6.45) is 2.62. The molecule has 4 nitrogen and oxygen atoms in total. The Balaban J connectivity index is 2.86. The zero-order valence-corrected chi connectivity index (χ0v) is 9.85. The number of carbonyl (C=O) groups excluding carboxylic acids is 1. The number of halogens is 1. The van der Waals surface area contributed by atoms with Crippen molar-refractivity contribution in [2.45, 2.75) is 13.3 Å². The molecule has 0 saturated heterocycles. The first-order valence-electron chi connectivity index (χ1n) is 5.40. The van der Waals surface area contributed by atoms with Gasteiger partial charge in [-0.3, -0.25) is 4.79 Å². The highest BCUT2D eigenvalue weighted by Crippen LogP contribution is 2.15. The van der Waals surface area contributed by atoms with Crippen LogP contribution in [-0.2, 0) is 9.53 Å². The Morgan fingerprint density at radius 2 is 2.17 bits per heavy atom. The number of carboxylic acid groups (broad SMARTS) is 1. The molecular weight excluding hydrogens is 239 g/mol. The van der Waals surface area contributed by atoms with Crippen molar-refractivity contribution >= 4 is 18.0 Å². The van der Waals surface area contributed by atoms with E-state index in [1.165, 1.54) is 24.3 Å². The Bertz CT molecular complexity index is 480. The van der Waals surface area contributed by atoms with Gasteiger partial charge >= 0.3 is 11.9 Å². The normalized spacial score (nSPS) is 10.6. The minimum Gasteiger partial charge on any atom is -0.478 e. The SMILES string of the molecule is CCOC(=O)CC=Cc1c(F)cccc1C(=O)O. The Hall–Kier alpha value is -2.17. The van der Waals surface area contributed by atoms with Crippen LogP contribution in [0, 0.1) is 5.82 Å². The van der Waals surface area contributed by atoms with E-state index in [9.17, 15) is 14.0 Å². The molecule has 0 atom stereocenters. The summed E-state index contributed by atoms with van der Waals surface area (Å²) in [4.78, 5) is 21.9. The number of hydrogen-bond donors (Lipinski definition) is 1. The van der Waals surface area contributed by atoms with Crippen LogP contribution in [-0.4, -0.2) is 23.7 Å². The van der Waals surface area contributed by atoms with Gasteiger partial charge in [-0.05, 0) is 19.1 Å². The number of rotatable bonds is 5. The number of carboxylic acids is 1. The van der Waals surface area contributed by atoms with Crippen LogP contribution in [0.5, 0.6) is 0 Å². The summed E-state index contributed by atoms with van der Waals surface area (Å²) in [6, 6.07) is 3.79. The van der Waals surface area contributed by atoms with Crippen LogP contribution in [0.4, 0.5) is 4.39 Å². The zero-order valence-electron chi connectivity index (χ0n) is 9.85. The van der Waals surface area contributed by atoms with Crippen LogP contribution in [0.25, 0.3) is 6.08 Å². The molecule has 1 aromatic rings. The molecule has 18 heavy (non-hydrogen) atoms. The summed E-state index contributed by atoms with van der Waals surface area (Å²) in [6.45, 7) is 1.95. The highest BCUT2D eigenvalue weighted by molar-refractivity contribution is 5.92. The summed E-state index contributed by atoms with van der Waals surface area (Å²) in [5.41, 5.74) is -0.190. The van der Waals surface area contributed by atoms with E-state index in [2.05, 4.69) is 4.74 Å². The van der Waals surface area contributed by atoms with Gasteiger partial charge in [0.25, 0.3) is 0 Å². The maximum Gasteiger partial charge on any atom is 0.336 e. The monoisotopic (exact) mass is 252 g/mol. The summed E-state index contributed by atoms with van der Waals surface area (Å²) in [5, 5.41) is 8.89. The van der Waals surface area contributed by atoms with E-state index in [1.807, 2.05) is 0 Å². The second-order valence-electron chi connectivity index (χ2n) is 3.42. The second-order valence-corrected chi connectivity index (χ2v) is 3.42. The molecule has 0 aliphatic heterocycles. The Morgan fingerprint density at radius 1 is 1.44 bits per heavy atom. The second kappa shape index (κ2) is 6.54. The molecule has 96 valence electrons. The van der Waals surface area contributed by atoms with Crippen molar-refractivity contribution in [1.29, 1.82) is 0 Å². The van der Waals surface area contributed by atoms with Gasteiger partial charge in [-0.2, -0.15) is 0 Å². The molecular formula is C13H13FO4. The van der Waals surface area contributed by atoms with Gasteiger partial charge in [-0.15, -0.1) is 0 Å². The maximum absolute atomic E-state index is 13.5. The minimum absolute atomic E-state index is 0.0266. The fraction of sp³-hybridized carbons (Fsp3) is 0.231. The number of carbonyl (C=O) groups is 2. The first kappa shape index (κ1) is 13.9. The van der Waals surface area contributed by atoms with Gasteiger partial charge < -0.3 is 9.84 Å². The molecule has 1 N–H and O–H groups in total. The van der Waals surface area contributed by atoms with Crippen LogP contribution in [0.1, 0.15) is 29.3 Å². The molecule has 0 bridgehead atoms. The van der Waals surface area contributed by atoms with Crippen molar-refractivity contribution in [1.82, 2.24) is 0 Å². The topological polar surface area (TPSA) is 63.6 Å². The summed E-state index contributed by atoms with van der Waals surface area (Å²) in [7, 11) is 0. The molecule has 0 amide bonds. The lowest BCUT2D eigenvalue weighted by Crippen LogP contribution is -2.03. The lowest BCUT2D eigenvalue weighted by atomic mass is 10.1. The molecule has 5 heteroatoms. The smallest absolute Gasteiger partial charge is 0.336 e. The fourth-order valence-electron chi connectivity index (χ4n) is 1.39. The summed E-state index contributed by atoms with van der Waals surface area (Å²) in [5.74, 6) is -2.30. The summed E-state index contributed by atoms with van der Waals surface area (Å²) >= 11 is 0. The lowest BCUT2D eigenvalue weighted by molar-refractivity contribution is -0.142. The van der Waals surface area contributed by atoms with E-state index in [-0.39, 0.29) is 24.2 Å². The molecule has 0 aliphatic rings. The average molecular weight is 252 g/mol. The molecule has 0 aromatic heterocycles. The molecule has 0 aliphatic carbocycles. The molecule has 1 aromatic carbocycles. The number of aromatic carboxylic acids is 1. The fourth-order valence-corrected chi connectivity index (χ4v) is 1.39. The Labute approximate surface area is 104 Å². The van der Waals surface area contributed by atoms with E-state index < -0.39 is 17.8 Å². The van der Waals surface area contributed by atoms with Gasteiger partial charge in [-0.25, -0.2) is 9.18 Å². The van der Waals surface area contributed by atoms with E-state index in [4.69, 9.17) is 5.11 Å². The van der Waals surface area contributed by atoms with E-state index >= 15 is 0 Å². The first-order chi connectivity index (χ1) is 8.56. The Morgan fingerprint density at radius 3 is 2.78 bits per heavy atom. The third-order valence-electron chi connectivity index (χ3n) is 2.16. The largest absolute Gasteiger partial charge is 0.478 e.